The van der Waals surface area contributed by atoms with Gasteiger partial charge in [-0.05, 0) is 96.3 Å². The third-order valence-corrected chi connectivity index (χ3v) is 11.7. The summed E-state index contributed by atoms with van der Waals surface area (Å²) in [6.45, 7) is 6.30. The van der Waals surface area contributed by atoms with E-state index in [-0.39, 0.29) is 44.0 Å². The van der Waals surface area contributed by atoms with Gasteiger partial charge in [0.25, 0.3) is 0 Å². The van der Waals surface area contributed by atoms with Crippen molar-refractivity contribution in [3.8, 4) is 0 Å². The van der Waals surface area contributed by atoms with E-state index in [0.29, 0.717) is 19.3 Å². The minimum atomic E-state index is -0.842. The number of rotatable bonds is 50. The van der Waals surface area contributed by atoms with Crippen LogP contribution in [0.25, 0.3) is 0 Å². The fourth-order valence-corrected chi connectivity index (χ4v) is 7.44. The summed E-state index contributed by atoms with van der Waals surface area (Å²) in [5, 5.41) is 0. The van der Waals surface area contributed by atoms with E-state index in [1.165, 1.54) is 89.9 Å². The van der Waals surface area contributed by atoms with Crippen LogP contribution in [0.2, 0.25) is 0 Å². The van der Waals surface area contributed by atoms with Crippen LogP contribution in [0.1, 0.15) is 239 Å². The molecule has 0 radical (unpaired) electrons. The van der Waals surface area contributed by atoms with Gasteiger partial charge in [0.15, 0.2) is 6.10 Å². The summed E-state index contributed by atoms with van der Waals surface area (Å²) in [6.07, 6.45) is 81.7. The zero-order valence-corrected chi connectivity index (χ0v) is 45.7. The Labute approximate surface area is 436 Å². The largest absolute Gasteiger partial charge is 0.462 e. The van der Waals surface area contributed by atoms with Gasteiger partial charge in [-0.25, -0.2) is 0 Å². The molecule has 0 aliphatic heterocycles. The maximum Gasteiger partial charge on any atom is 0.306 e. The molecule has 1 atom stereocenters. The van der Waals surface area contributed by atoms with Gasteiger partial charge >= 0.3 is 17.9 Å². The van der Waals surface area contributed by atoms with Crippen molar-refractivity contribution in [2.45, 2.75) is 245 Å². The first-order valence-electron chi connectivity index (χ1n) is 28.7. The molecule has 0 aromatic heterocycles. The van der Waals surface area contributed by atoms with Crippen LogP contribution in [0.15, 0.2) is 134 Å². The minimum Gasteiger partial charge on any atom is -0.462 e. The Morgan fingerprint density at radius 2 is 0.577 bits per heavy atom. The summed E-state index contributed by atoms with van der Waals surface area (Å²) in [7, 11) is 0. The summed E-state index contributed by atoms with van der Waals surface area (Å²) >= 11 is 0. The van der Waals surface area contributed by atoms with Gasteiger partial charge in [-0.3, -0.25) is 14.4 Å². The van der Waals surface area contributed by atoms with Crippen molar-refractivity contribution >= 4 is 17.9 Å². The lowest BCUT2D eigenvalue weighted by molar-refractivity contribution is -0.166. The third-order valence-electron chi connectivity index (χ3n) is 11.7. The summed E-state index contributed by atoms with van der Waals surface area (Å²) in [6, 6.07) is 0. The Morgan fingerprint density at radius 3 is 0.930 bits per heavy atom. The van der Waals surface area contributed by atoms with Crippen LogP contribution in [0, 0.1) is 0 Å². The van der Waals surface area contributed by atoms with Gasteiger partial charge in [0, 0.05) is 19.3 Å². The number of unbranched alkanes of at least 4 members (excludes halogenated alkanes) is 17. The monoisotopic (exact) mass is 981 g/mol. The first-order chi connectivity index (χ1) is 35.0. The Morgan fingerprint density at radius 1 is 0.296 bits per heavy atom. The smallest absolute Gasteiger partial charge is 0.306 e. The highest BCUT2D eigenvalue weighted by Crippen LogP contribution is 2.15. The zero-order valence-electron chi connectivity index (χ0n) is 45.7. The molecule has 0 saturated carbocycles. The molecule has 6 heteroatoms. The SMILES string of the molecule is CC/C=C\C/C=C\C/C=C\C/C=C\C/C=C\C/C=C\CCC(=O)OC[C@H](COC(=O)CCCCCCCCCCCCCCCCCCC)OC(=O)CCC/C=C\C/C=C\C/C=C\C/C=C\C/C=C\CC. The highest BCUT2D eigenvalue weighted by atomic mass is 16.6. The maximum atomic E-state index is 12.8. The molecular weight excluding hydrogens is 877 g/mol. The quantitative estimate of drug-likeness (QED) is 0.0262. The van der Waals surface area contributed by atoms with Gasteiger partial charge in [0.2, 0.25) is 0 Å². The van der Waals surface area contributed by atoms with Gasteiger partial charge in [0.05, 0.1) is 0 Å². The first-order valence-corrected chi connectivity index (χ1v) is 28.7. The standard InChI is InChI=1S/C65H104O6/c1-4-7-10-13-16-19-22-25-28-31-32-35-37-40-43-46-49-52-55-58-64(67)70-61-62(71-65(68)59-56-53-50-47-44-41-38-34-30-27-24-21-18-15-12-9-6-3)60-69-63(66)57-54-51-48-45-42-39-36-33-29-26-23-20-17-14-11-8-5-2/h7,9-10,12,16,18-19,21,25,27-28,30,32,35,38,40-41,43,47,49-50,52,62H,4-6,8,11,13-15,17,20,22-24,26,29,31,33-34,36-37,39,42,44-46,48,51,53-61H2,1-3H3/b10-7-,12-9-,19-16-,21-18-,28-25-,30-27-,35-32-,41-38-,43-40-,50-47-,52-49-/t62-/m0/s1. The molecule has 0 amide bonds. The van der Waals surface area contributed by atoms with Crippen LogP contribution >= 0.6 is 0 Å². The Balaban J connectivity index is 4.59. The molecule has 6 nitrogen and oxygen atoms in total. The van der Waals surface area contributed by atoms with E-state index in [1.807, 2.05) is 12.2 Å². The number of carbonyl (C=O) groups excluding carboxylic acids is 3. The lowest BCUT2D eigenvalue weighted by atomic mass is 10.0. The fourth-order valence-electron chi connectivity index (χ4n) is 7.44. The molecule has 0 fully saturated rings. The second-order valence-electron chi connectivity index (χ2n) is 18.4. The van der Waals surface area contributed by atoms with Crippen LogP contribution in [0.4, 0.5) is 0 Å². The van der Waals surface area contributed by atoms with E-state index in [4.69, 9.17) is 14.2 Å². The number of allylic oxidation sites excluding steroid dienone is 22. The van der Waals surface area contributed by atoms with Crippen molar-refractivity contribution in [3.63, 3.8) is 0 Å². The van der Waals surface area contributed by atoms with Crippen LogP contribution in [-0.2, 0) is 28.6 Å². The summed E-state index contributed by atoms with van der Waals surface area (Å²) in [5.41, 5.74) is 0. The van der Waals surface area contributed by atoms with Crippen molar-refractivity contribution < 1.29 is 28.6 Å². The summed E-state index contributed by atoms with van der Waals surface area (Å²) < 4.78 is 16.7. The molecule has 0 heterocycles. The minimum absolute atomic E-state index is 0.126. The Bertz CT molecular complexity index is 1550. The van der Waals surface area contributed by atoms with Crippen LogP contribution in [0.5, 0.6) is 0 Å². The molecule has 71 heavy (non-hydrogen) atoms. The lowest BCUT2D eigenvalue weighted by Crippen LogP contribution is -2.30. The number of hydrogen-bond acceptors (Lipinski definition) is 6. The molecule has 400 valence electrons. The average molecular weight is 982 g/mol. The first kappa shape index (κ1) is 66.6. The van der Waals surface area contributed by atoms with E-state index < -0.39 is 6.10 Å². The second-order valence-corrected chi connectivity index (χ2v) is 18.4. The van der Waals surface area contributed by atoms with Gasteiger partial charge in [-0.2, -0.15) is 0 Å². The second kappa shape index (κ2) is 58.1. The molecule has 0 rings (SSSR count). The predicted molar refractivity (Wildman–Crippen MR) is 306 cm³/mol. The van der Waals surface area contributed by atoms with Gasteiger partial charge in [-0.15, -0.1) is 0 Å². The van der Waals surface area contributed by atoms with E-state index in [2.05, 4.69) is 142 Å². The molecule has 0 bridgehead atoms. The van der Waals surface area contributed by atoms with Crippen molar-refractivity contribution in [2.75, 3.05) is 13.2 Å². The molecule has 0 aromatic carbocycles. The van der Waals surface area contributed by atoms with Crippen LogP contribution in [-0.4, -0.2) is 37.2 Å². The van der Waals surface area contributed by atoms with Crippen LogP contribution in [0.3, 0.4) is 0 Å². The average Bonchev–Trinajstić information content (AvgIpc) is 3.37. The zero-order chi connectivity index (χ0) is 51.4. The van der Waals surface area contributed by atoms with E-state index >= 15 is 0 Å². The Kier molecular flexibility index (Phi) is 54.5. The number of carbonyl (C=O) groups is 3. The Hall–Kier alpha value is -4.45. The molecule has 0 aliphatic rings. The summed E-state index contributed by atoms with van der Waals surface area (Å²) in [5.74, 6) is -1.08. The van der Waals surface area contributed by atoms with Gasteiger partial charge in [0.1, 0.15) is 13.2 Å². The van der Waals surface area contributed by atoms with Crippen molar-refractivity contribution in [1.82, 2.24) is 0 Å². The molecule has 0 aliphatic carbocycles. The molecule has 0 saturated heterocycles. The molecular formula is C65H104O6. The van der Waals surface area contributed by atoms with Crippen molar-refractivity contribution in [3.05, 3.63) is 134 Å². The molecule has 0 unspecified atom stereocenters. The lowest BCUT2D eigenvalue weighted by Gasteiger charge is -2.18. The summed E-state index contributed by atoms with van der Waals surface area (Å²) in [4.78, 5) is 38.1. The third kappa shape index (κ3) is 56.3. The normalized spacial score (nSPS) is 13.1. The van der Waals surface area contributed by atoms with E-state index in [1.54, 1.807) is 0 Å². The highest BCUT2D eigenvalue weighted by molar-refractivity contribution is 5.71. The maximum absolute atomic E-state index is 12.8. The number of hydrogen-bond donors (Lipinski definition) is 0. The molecule has 0 N–H and O–H groups in total. The van der Waals surface area contributed by atoms with Gasteiger partial charge in [-0.1, -0.05) is 257 Å². The van der Waals surface area contributed by atoms with Crippen molar-refractivity contribution in [1.29, 1.82) is 0 Å². The number of esters is 3. The van der Waals surface area contributed by atoms with E-state index in [9.17, 15) is 14.4 Å². The predicted octanol–water partition coefficient (Wildman–Crippen LogP) is 19.4. The number of ether oxygens (including phenoxy) is 3. The van der Waals surface area contributed by atoms with Gasteiger partial charge < -0.3 is 14.2 Å². The van der Waals surface area contributed by atoms with Crippen LogP contribution < -0.4 is 0 Å². The van der Waals surface area contributed by atoms with Crippen molar-refractivity contribution in [2.24, 2.45) is 0 Å². The highest BCUT2D eigenvalue weighted by Gasteiger charge is 2.19. The topological polar surface area (TPSA) is 78.9 Å². The molecule has 0 spiro atoms. The fraction of sp³-hybridized carbons (Fsp3) is 0.615. The van der Waals surface area contributed by atoms with E-state index in [0.717, 1.165) is 96.3 Å². The molecule has 0 aromatic rings.